The van der Waals surface area contributed by atoms with E-state index >= 15 is 0 Å². The van der Waals surface area contributed by atoms with Gasteiger partial charge in [0.15, 0.2) is 5.58 Å². The van der Waals surface area contributed by atoms with Crippen molar-refractivity contribution in [2.24, 2.45) is 11.8 Å². The lowest BCUT2D eigenvalue weighted by Gasteiger charge is -2.03. The smallest absolute Gasteiger partial charge is 0.295 e. The quantitative estimate of drug-likeness (QED) is 0.796. The molecule has 0 bridgehead atoms. The lowest BCUT2D eigenvalue weighted by Crippen LogP contribution is -2.21. The zero-order chi connectivity index (χ0) is 10.5. The third kappa shape index (κ3) is 1.16. The van der Waals surface area contributed by atoms with E-state index in [4.69, 9.17) is 4.42 Å². The fraction of sp³-hybridized carbons (Fsp3) is 0.417. The number of anilines is 1. The van der Waals surface area contributed by atoms with Crippen LogP contribution in [0, 0.1) is 11.8 Å². The van der Waals surface area contributed by atoms with Crippen LogP contribution in [0.3, 0.4) is 0 Å². The Balaban J connectivity index is 1.59. The summed E-state index contributed by atoms with van der Waals surface area (Å²) in [5.41, 5.74) is 1.78. The van der Waals surface area contributed by atoms with Gasteiger partial charge >= 0.3 is 0 Å². The zero-order valence-electron chi connectivity index (χ0n) is 8.81. The minimum Gasteiger partial charge on any atom is -0.424 e. The van der Waals surface area contributed by atoms with Crippen LogP contribution >= 0.6 is 0 Å². The summed E-state index contributed by atoms with van der Waals surface area (Å²) in [6, 6.07) is 9.09. The van der Waals surface area contributed by atoms with E-state index < -0.39 is 0 Å². The Hall–Kier alpha value is -1.55. The van der Waals surface area contributed by atoms with E-state index in [0.717, 1.165) is 36.0 Å². The third-order valence-electron chi connectivity index (χ3n) is 3.68. The molecule has 0 radical (unpaired) electrons. The average molecular weight is 215 g/mol. The second kappa shape index (κ2) is 2.98. The van der Waals surface area contributed by atoms with Crippen molar-refractivity contribution >= 4 is 17.1 Å². The molecule has 1 aliphatic carbocycles. The fourth-order valence-electron chi connectivity index (χ4n) is 2.71. The van der Waals surface area contributed by atoms with Crippen LogP contribution in [0.4, 0.5) is 6.01 Å². The summed E-state index contributed by atoms with van der Waals surface area (Å²) < 4.78 is 5.64. The molecule has 0 spiro atoms. The van der Waals surface area contributed by atoms with Crippen LogP contribution in [-0.4, -0.2) is 24.1 Å². The van der Waals surface area contributed by atoms with E-state index in [-0.39, 0.29) is 0 Å². The van der Waals surface area contributed by atoms with Crippen molar-refractivity contribution in [2.45, 2.75) is 6.04 Å². The standard InChI is InChI=1S/C12H13N3O/c1-2-4-10-9(3-1)14-12(16-10)15-11-7-5-13-6-8(7)11/h1-4,7-8,11,13H,5-6H2,(H,14,15). The molecule has 4 nitrogen and oxygen atoms in total. The predicted octanol–water partition coefficient (Wildman–Crippen LogP) is 1.46. The van der Waals surface area contributed by atoms with E-state index in [1.165, 1.54) is 0 Å². The minimum atomic E-state index is 0.564. The number of rotatable bonds is 2. The van der Waals surface area contributed by atoms with Crippen molar-refractivity contribution < 1.29 is 4.42 Å². The van der Waals surface area contributed by atoms with Crippen LogP contribution in [0.1, 0.15) is 0 Å². The first-order valence-corrected chi connectivity index (χ1v) is 5.75. The van der Waals surface area contributed by atoms with Crippen molar-refractivity contribution in [3.05, 3.63) is 24.3 Å². The average Bonchev–Trinajstić information content (AvgIpc) is 2.75. The summed E-state index contributed by atoms with van der Waals surface area (Å²) in [5, 5.41) is 6.76. The van der Waals surface area contributed by atoms with Gasteiger partial charge in [0.25, 0.3) is 6.01 Å². The second-order valence-corrected chi connectivity index (χ2v) is 4.64. The molecular weight excluding hydrogens is 202 g/mol. The summed E-state index contributed by atoms with van der Waals surface area (Å²) in [6.45, 7) is 2.26. The molecule has 2 heterocycles. The van der Waals surface area contributed by atoms with Gasteiger partial charge in [-0.15, -0.1) is 0 Å². The summed E-state index contributed by atoms with van der Waals surface area (Å²) in [6.07, 6.45) is 0. The molecule has 2 aliphatic rings. The maximum Gasteiger partial charge on any atom is 0.295 e. The van der Waals surface area contributed by atoms with Gasteiger partial charge in [0.05, 0.1) is 0 Å². The Morgan fingerprint density at radius 3 is 2.88 bits per heavy atom. The predicted molar refractivity (Wildman–Crippen MR) is 61.3 cm³/mol. The van der Waals surface area contributed by atoms with Gasteiger partial charge in [-0.25, -0.2) is 0 Å². The van der Waals surface area contributed by atoms with Gasteiger partial charge in [-0.2, -0.15) is 4.98 Å². The highest BCUT2D eigenvalue weighted by molar-refractivity contribution is 5.74. The van der Waals surface area contributed by atoms with Crippen LogP contribution < -0.4 is 10.6 Å². The van der Waals surface area contributed by atoms with Gasteiger partial charge in [0, 0.05) is 19.1 Å². The van der Waals surface area contributed by atoms with Gasteiger partial charge in [-0.05, 0) is 24.0 Å². The number of para-hydroxylation sites is 2. The zero-order valence-corrected chi connectivity index (χ0v) is 8.81. The van der Waals surface area contributed by atoms with Crippen molar-refractivity contribution in [3.8, 4) is 0 Å². The molecule has 4 rings (SSSR count). The Bertz CT molecular complexity index is 493. The summed E-state index contributed by atoms with van der Waals surface area (Å²) in [5.74, 6) is 1.55. The van der Waals surface area contributed by atoms with Gasteiger partial charge in [-0.3, -0.25) is 0 Å². The second-order valence-electron chi connectivity index (χ2n) is 4.64. The van der Waals surface area contributed by atoms with E-state index in [0.29, 0.717) is 12.1 Å². The molecule has 2 unspecified atom stereocenters. The highest BCUT2D eigenvalue weighted by atomic mass is 16.4. The number of nitrogens with zero attached hydrogens (tertiary/aromatic N) is 1. The van der Waals surface area contributed by atoms with Crippen molar-refractivity contribution in [3.63, 3.8) is 0 Å². The minimum absolute atomic E-state index is 0.564. The van der Waals surface area contributed by atoms with Gasteiger partial charge < -0.3 is 15.1 Å². The number of hydrogen-bond donors (Lipinski definition) is 2. The van der Waals surface area contributed by atoms with Crippen LogP contribution in [-0.2, 0) is 0 Å². The van der Waals surface area contributed by atoms with Crippen LogP contribution in [0.15, 0.2) is 28.7 Å². The molecule has 2 N–H and O–H groups in total. The van der Waals surface area contributed by atoms with E-state index in [2.05, 4.69) is 15.6 Å². The van der Waals surface area contributed by atoms with Crippen molar-refractivity contribution in [1.29, 1.82) is 0 Å². The van der Waals surface area contributed by atoms with E-state index in [1.807, 2.05) is 24.3 Å². The number of oxazole rings is 1. The van der Waals surface area contributed by atoms with Crippen molar-refractivity contribution in [2.75, 3.05) is 18.4 Å². The fourth-order valence-corrected chi connectivity index (χ4v) is 2.71. The number of nitrogens with one attached hydrogen (secondary N) is 2. The largest absolute Gasteiger partial charge is 0.424 e. The number of benzene rings is 1. The molecule has 1 aromatic heterocycles. The first kappa shape index (κ1) is 8.58. The summed E-state index contributed by atoms with van der Waals surface area (Å²) in [7, 11) is 0. The lowest BCUT2D eigenvalue weighted by atomic mass is 10.3. The summed E-state index contributed by atoms with van der Waals surface area (Å²) >= 11 is 0. The molecule has 82 valence electrons. The van der Waals surface area contributed by atoms with Gasteiger partial charge in [0.1, 0.15) is 5.52 Å². The molecule has 0 amide bonds. The Labute approximate surface area is 93.0 Å². The molecule has 4 heteroatoms. The highest BCUT2D eigenvalue weighted by Crippen LogP contribution is 2.43. The third-order valence-corrected chi connectivity index (χ3v) is 3.68. The SMILES string of the molecule is c1ccc2oc(NC3C4CNCC43)nc2c1. The van der Waals surface area contributed by atoms with E-state index in [9.17, 15) is 0 Å². The Kier molecular flexibility index (Phi) is 1.60. The molecule has 2 aromatic rings. The monoisotopic (exact) mass is 215 g/mol. The maximum absolute atomic E-state index is 5.64. The van der Waals surface area contributed by atoms with Crippen LogP contribution in [0.2, 0.25) is 0 Å². The molecule has 1 aliphatic heterocycles. The molecule has 2 fully saturated rings. The molecule has 1 saturated carbocycles. The Morgan fingerprint density at radius 1 is 1.25 bits per heavy atom. The lowest BCUT2D eigenvalue weighted by molar-refractivity contribution is 0.600. The molecule has 1 saturated heterocycles. The van der Waals surface area contributed by atoms with Gasteiger partial charge in [0.2, 0.25) is 0 Å². The molecular formula is C12H13N3O. The number of aromatic nitrogens is 1. The molecule has 1 aromatic carbocycles. The Morgan fingerprint density at radius 2 is 2.06 bits per heavy atom. The number of hydrogen-bond acceptors (Lipinski definition) is 4. The number of fused-ring (bicyclic) bond motifs is 2. The number of piperidine rings is 1. The van der Waals surface area contributed by atoms with Crippen LogP contribution in [0.25, 0.3) is 11.1 Å². The maximum atomic E-state index is 5.64. The summed E-state index contributed by atoms with van der Waals surface area (Å²) in [4.78, 5) is 4.42. The first-order valence-electron chi connectivity index (χ1n) is 5.75. The molecule has 16 heavy (non-hydrogen) atoms. The van der Waals surface area contributed by atoms with Gasteiger partial charge in [-0.1, -0.05) is 12.1 Å². The van der Waals surface area contributed by atoms with E-state index in [1.54, 1.807) is 0 Å². The molecule has 2 atom stereocenters. The topological polar surface area (TPSA) is 50.1 Å². The first-order chi connectivity index (χ1) is 7.92. The van der Waals surface area contributed by atoms with Crippen LogP contribution in [0.5, 0.6) is 0 Å². The van der Waals surface area contributed by atoms with Crippen molar-refractivity contribution in [1.82, 2.24) is 10.3 Å². The normalized spacial score (nSPS) is 31.6. The highest BCUT2D eigenvalue weighted by Gasteiger charge is 2.53.